The third kappa shape index (κ3) is 2.52. The number of ether oxygens (including phenoxy) is 1. The Morgan fingerprint density at radius 3 is 2.82 bits per heavy atom. The number of carbonyl (C=O) groups is 1. The van der Waals surface area contributed by atoms with E-state index in [0.29, 0.717) is 11.4 Å². The van der Waals surface area contributed by atoms with Crippen molar-refractivity contribution in [2.45, 2.75) is 26.3 Å². The van der Waals surface area contributed by atoms with Crippen molar-refractivity contribution < 1.29 is 9.53 Å². The van der Waals surface area contributed by atoms with E-state index in [2.05, 4.69) is 18.3 Å². The fourth-order valence-electron chi connectivity index (χ4n) is 2.97. The first-order valence-electron chi connectivity index (χ1n) is 7.43. The summed E-state index contributed by atoms with van der Waals surface area (Å²) in [6.45, 7) is 4.05. The molecular formula is C18H20N2O2. The number of rotatable bonds is 2. The number of hydrogen-bond acceptors (Lipinski definition) is 2. The average molecular weight is 296 g/mol. The van der Waals surface area contributed by atoms with Crippen LogP contribution in [0, 0.1) is 6.92 Å². The second-order valence-corrected chi connectivity index (χ2v) is 5.69. The third-order valence-electron chi connectivity index (χ3n) is 4.02. The maximum Gasteiger partial charge on any atom is 0.326 e. The lowest BCUT2D eigenvalue weighted by Gasteiger charge is -2.23. The van der Waals surface area contributed by atoms with Gasteiger partial charge in [-0.2, -0.15) is 0 Å². The maximum atomic E-state index is 12.7. The van der Waals surface area contributed by atoms with E-state index in [4.69, 9.17) is 4.74 Å². The number of urea groups is 1. The van der Waals surface area contributed by atoms with Crippen LogP contribution in [0.2, 0.25) is 0 Å². The van der Waals surface area contributed by atoms with Crippen molar-refractivity contribution in [2.24, 2.45) is 0 Å². The summed E-state index contributed by atoms with van der Waals surface area (Å²) in [5.74, 6) is 0.666. The van der Waals surface area contributed by atoms with Gasteiger partial charge in [-0.3, -0.25) is 4.90 Å². The van der Waals surface area contributed by atoms with Gasteiger partial charge in [-0.15, -0.1) is 0 Å². The molecule has 0 saturated heterocycles. The van der Waals surface area contributed by atoms with Gasteiger partial charge in [0.15, 0.2) is 0 Å². The van der Waals surface area contributed by atoms with Crippen molar-refractivity contribution >= 4 is 17.4 Å². The number of hydrogen-bond donors (Lipinski definition) is 1. The van der Waals surface area contributed by atoms with Crippen LogP contribution >= 0.6 is 0 Å². The van der Waals surface area contributed by atoms with E-state index in [-0.39, 0.29) is 12.1 Å². The molecule has 0 spiro atoms. The Labute approximate surface area is 130 Å². The zero-order valence-electron chi connectivity index (χ0n) is 13.1. The Morgan fingerprint density at radius 2 is 2.05 bits per heavy atom. The zero-order chi connectivity index (χ0) is 15.7. The second kappa shape index (κ2) is 5.72. The molecule has 0 saturated carbocycles. The zero-order valence-corrected chi connectivity index (χ0v) is 13.1. The molecule has 4 nitrogen and oxygen atoms in total. The molecule has 0 aliphatic carbocycles. The molecule has 1 heterocycles. The van der Waals surface area contributed by atoms with E-state index in [9.17, 15) is 4.79 Å². The molecule has 1 unspecified atom stereocenters. The first-order chi connectivity index (χ1) is 10.6. The number of methoxy groups -OCH3 is 1. The number of carbonyl (C=O) groups excluding carboxylic acids is 1. The Bertz CT molecular complexity index is 712. The predicted molar refractivity (Wildman–Crippen MR) is 88.8 cm³/mol. The highest BCUT2D eigenvalue weighted by Crippen LogP contribution is 2.33. The van der Waals surface area contributed by atoms with Gasteiger partial charge in [-0.05, 0) is 49.6 Å². The summed E-state index contributed by atoms with van der Waals surface area (Å²) in [7, 11) is 1.61. The van der Waals surface area contributed by atoms with Crippen LogP contribution in [0.15, 0.2) is 42.5 Å². The normalized spacial score (nSPS) is 16.3. The summed E-state index contributed by atoms with van der Waals surface area (Å²) in [6.07, 6.45) is 0.883. The summed E-state index contributed by atoms with van der Waals surface area (Å²) in [5.41, 5.74) is 3.97. The number of nitrogens with one attached hydrogen (secondary N) is 1. The van der Waals surface area contributed by atoms with Crippen molar-refractivity contribution in [3.05, 3.63) is 53.6 Å². The molecule has 2 aromatic rings. The second-order valence-electron chi connectivity index (χ2n) is 5.69. The van der Waals surface area contributed by atoms with Crippen molar-refractivity contribution in [2.75, 3.05) is 17.3 Å². The number of aryl methyl sites for hydroxylation is 1. The third-order valence-corrected chi connectivity index (χ3v) is 4.02. The number of fused-ring (bicyclic) bond motifs is 1. The van der Waals surface area contributed by atoms with Gasteiger partial charge in [0.2, 0.25) is 0 Å². The lowest BCUT2D eigenvalue weighted by atomic mass is 10.1. The lowest BCUT2D eigenvalue weighted by Crippen LogP contribution is -2.39. The van der Waals surface area contributed by atoms with Gasteiger partial charge in [-0.1, -0.05) is 24.3 Å². The molecule has 114 valence electrons. The molecule has 1 aliphatic rings. The molecule has 22 heavy (non-hydrogen) atoms. The summed E-state index contributed by atoms with van der Waals surface area (Å²) in [5, 5.41) is 2.98. The first-order valence-corrected chi connectivity index (χ1v) is 7.43. The van der Waals surface area contributed by atoms with Crippen molar-refractivity contribution in [1.82, 2.24) is 0 Å². The van der Waals surface area contributed by atoms with Gasteiger partial charge in [0.05, 0.1) is 12.8 Å². The molecule has 3 rings (SSSR count). The number of amides is 2. The predicted octanol–water partition coefficient (Wildman–Crippen LogP) is 3.99. The minimum atomic E-state index is -0.124. The highest BCUT2D eigenvalue weighted by molar-refractivity contribution is 6.04. The van der Waals surface area contributed by atoms with E-state index in [0.717, 1.165) is 17.7 Å². The van der Waals surface area contributed by atoms with Gasteiger partial charge in [-0.25, -0.2) is 4.79 Å². The molecule has 1 aliphatic heterocycles. The van der Waals surface area contributed by atoms with E-state index in [1.165, 1.54) is 5.56 Å². The largest absolute Gasteiger partial charge is 0.495 e. The molecule has 2 amide bonds. The minimum Gasteiger partial charge on any atom is -0.495 e. The molecule has 0 radical (unpaired) electrons. The SMILES string of the molecule is COc1ccc(C)cc1NC(=O)N1c2ccccc2CC1C. The highest BCUT2D eigenvalue weighted by atomic mass is 16.5. The molecule has 4 heteroatoms. The maximum absolute atomic E-state index is 12.7. The van der Waals surface area contributed by atoms with Crippen LogP contribution in [0.5, 0.6) is 5.75 Å². The average Bonchev–Trinajstić information content (AvgIpc) is 2.83. The number of benzene rings is 2. The topological polar surface area (TPSA) is 41.6 Å². The lowest BCUT2D eigenvalue weighted by molar-refractivity contribution is 0.255. The number of para-hydroxylation sites is 1. The first kappa shape index (κ1) is 14.4. The van der Waals surface area contributed by atoms with Crippen LogP contribution in [0.4, 0.5) is 16.2 Å². The van der Waals surface area contributed by atoms with Gasteiger partial charge < -0.3 is 10.1 Å². The molecular weight excluding hydrogens is 276 g/mol. The van der Waals surface area contributed by atoms with Crippen LogP contribution < -0.4 is 15.0 Å². The van der Waals surface area contributed by atoms with E-state index in [1.54, 1.807) is 7.11 Å². The molecule has 0 fully saturated rings. The Balaban J connectivity index is 1.88. The van der Waals surface area contributed by atoms with Gasteiger partial charge in [0.25, 0.3) is 0 Å². The minimum absolute atomic E-state index is 0.124. The Morgan fingerprint density at radius 1 is 1.27 bits per heavy atom. The van der Waals surface area contributed by atoms with Crippen LogP contribution in [-0.4, -0.2) is 19.2 Å². The van der Waals surface area contributed by atoms with Crippen molar-refractivity contribution in [3.8, 4) is 5.75 Å². The molecule has 0 aromatic heterocycles. The molecule has 1 atom stereocenters. The molecule has 1 N–H and O–H groups in total. The fourth-order valence-corrected chi connectivity index (χ4v) is 2.97. The van der Waals surface area contributed by atoms with Gasteiger partial charge in [0, 0.05) is 11.7 Å². The summed E-state index contributed by atoms with van der Waals surface area (Å²) in [4.78, 5) is 14.5. The van der Waals surface area contributed by atoms with E-state index >= 15 is 0 Å². The van der Waals surface area contributed by atoms with Crippen molar-refractivity contribution in [3.63, 3.8) is 0 Å². The van der Waals surface area contributed by atoms with Gasteiger partial charge >= 0.3 is 6.03 Å². The van der Waals surface area contributed by atoms with Crippen LogP contribution in [0.1, 0.15) is 18.1 Å². The van der Waals surface area contributed by atoms with Gasteiger partial charge in [0.1, 0.15) is 5.75 Å². The quantitative estimate of drug-likeness (QED) is 0.910. The van der Waals surface area contributed by atoms with Crippen molar-refractivity contribution in [1.29, 1.82) is 0 Å². The fraction of sp³-hybridized carbons (Fsp3) is 0.278. The van der Waals surface area contributed by atoms with E-state index in [1.807, 2.05) is 48.2 Å². The van der Waals surface area contributed by atoms with Crippen LogP contribution in [-0.2, 0) is 6.42 Å². The van der Waals surface area contributed by atoms with E-state index < -0.39 is 0 Å². The smallest absolute Gasteiger partial charge is 0.326 e. The Kier molecular flexibility index (Phi) is 3.75. The van der Waals surface area contributed by atoms with Crippen LogP contribution in [0.3, 0.4) is 0 Å². The summed E-state index contributed by atoms with van der Waals surface area (Å²) < 4.78 is 5.33. The highest BCUT2D eigenvalue weighted by Gasteiger charge is 2.30. The number of anilines is 2. The van der Waals surface area contributed by atoms with Crippen LogP contribution in [0.25, 0.3) is 0 Å². The number of nitrogens with zero attached hydrogens (tertiary/aromatic N) is 1. The Hall–Kier alpha value is -2.49. The summed E-state index contributed by atoms with van der Waals surface area (Å²) in [6, 6.07) is 13.8. The standard InChI is InChI=1S/C18H20N2O2/c1-12-8-9-17(22-3)15(10-12)19-18(21)20-13(2)11-14-6-4-5-7-16(14)20/h4-10,13H,11H2,1-3H3,(H,19,21). The molecule has 0 bridgehead atoms. The summed E-state index contributed by atoms with van der Waals surface area (Å²) >= 11 is 0. The molecule has 2 aromatic carbocycles. The monoisotopic (exact) mass is 296 g/mol.